The smallest absolute Gasteiger partial charge is 0.187 e. The number of halogens is 1. The number of allylic oxidation sites excluding steroid dienone is 2. The van der Waals surface area contributed by atoms with Gasteiger partial charge >= 0.3 is 0 Å². The summed E-state index contributed by atoms with van der Waals surface area (Å²) in [6.07, 6.45) is 1.93. The molecule has 1 aromatic heterocycles. The van der Waals surface area contributed by atoms with Gasteiger partial charge in [-0.3, -0.25) is 0 Å². The first-order valence-electron chi connectivity index (χ1n) is 6.71. The molecular weight excluding hydrogens is 302 g/mol. The van der Waals surface area contributed by atoms with Gasteiger partial charge < -0.3 is 20.6 Å². The Hall–Kier alpha value is -2.40. The van der Waals surface area contributed by atoms with Gasteiger partial charge in [-0.2, -0.15) is 0 Å². The summed E-state index contributed by atoms with van der Waals surface area (Å²) in [5, 5.41) is 22.1. The molecule has 0 amide bonds. The molecule has 0 saturated carbocycles. The van der Waals surface area contributed by atoms with Crippen LogP contribution in [0.4, 0.5) is 0 Å². The number of oxime groups is 1. The zero-order valence-corrected chi connectivity index (χ0v) is 13.4. The van der Waals surface area contributed by atoms with Crippen molar-refractivity contribution < 1.29 is 10.3 Å². The van der Waals surface area contributed by atoms with Crippen LogP contribution in [0.1, 0.15) is 25.1 Å². The van der Waals surface area contributed by atoms with Crippen LogP contribution in [0.25, 0.3) is 16.7 Å². The molecule has 0 aliphatic carbocycles. The van der Waals surface area contributed by atoms with E-state index in [4.69, 9.17) is 22.5 Å². The SMILES string of the molecule is C/C=C(/C)c1c(-c2ccc(O)cc2)c(Cl)n(C)c1/C(N)=N/O. The summed E-state index contributed by atoms with van der Waals surface area (Å²) < 4.78 is 1.68. The summed E-state index contributed by atoms with van der Waals surface area (Å²) in [6.45, 7) is 3.84. The van der Waals surface area contributed by atoms with Crippen molar-refractivity contribution >= 4 is 23.0 Å². The Labute approximate surface area is 133 Å². The number of rotatable bonds is 3. The Bertz CT molecular complexity index is 759. The van der Waals surface area contributed by atoms with Crippen LogP contribution in [0, 0.1) is 0 Å². The van der Waals surface area contributed by atoms with E-state index in [1.54, 1.807) is 35.9 Å². The Morgan fingerprint density at radius 1 is 1.32 bits per heavy atom. The molecule has 0 bridgehead atoms. The minimum absolute atomic E-state index is 0.00868. The molecule has 1 heterocycles. The van der Waals surface area contributed by atoms with Crippen molar-refractivity contribution in [1.82, 2.24) is 4.57 Å². The molecular formula is C16H18ClN3O2. The first kappa shape index (κ1) is 16.0. The Morgan fingerprint density at radius 3 is 2.41 bits per heavy atom. The second-order valence-corrected chi connectivity index (χ2v) is 5.31. The highest BCUT2D eigenvalue weighted by molar-refractivity contribution is 6.33. The van der Waals surface area contributed by atoms with Gasteiger partial charge in [0.05, 0.1) is 5.69 Å². The van der Waals surface area contributed by atoms with Crippen LogP contribution < -0.4 is 5.73 Å². The molecule has 2 aromatic rings. The van der Waals surface area contributed by atoms with Gasteiger partial charge in [-0.1, -0.05) is 35.0 Å². The topological polar surface area (TPSA) is 83.8 Å². The van der Waals surface area contributed by atoms with Crippen LogP contribution in [0.15, 0.2) is 35.5 Å². The van der Waals surface area contributed by atoms with E-state index in [9.17, 15) is 5.11 Å². The van der Waals surface area contributed by atoms with E-state index in [-0.39, 0.29) is 11.6 Å². The third-order valence-corrected chi connectivity index (χ3v) is 4.10. The van der Waals surface area contributed by atoms with Gasteiger partial charge in [-0.15, -0.1) is 0 Å². The minimum Gasteiger partial charge on any atom is -0.508 e. The van der Waals surface area contributed by atoms with Crippen LogP contribution in [-0.2, 0) is 7.05 Å². The molecule has 1 aromatic carbocycles. The molecule has 0 radical (unpaired) electrons. The van der Waals surface area contributed by atoms with Gasteiger partial charge in [-0.25, -0.2) is 0 Å². The zero-order chi connectivity index (χ0) is 16.4. The normalized spacial score (nSPS) is 12.7. The Balaban J connectivity index is 2.87. The summed E-state index contributed by atoms with van der Waals surface area (Å²) >= 11 is 6.48. The van der Waals surface area contributed by atoms with Gasteiger partial charge in [0, 0.05) is 18.2 Å². The van der Waals surface area contributed by atoms with Crippen LogP contribution in [-0.4, -0.2) is 20.7 Å². The van der Waals surface area contributed by atoms with E-state index in [0.717, 1.165) is 22.3 Å². The predicted molar refractivity (Wildman–Crippen MR) is 89.4 cm³/mol. The molecule has 0 spiro atoms. The highest BCUT2D eigenvalue weighted by atomic mass is 35.5. The fourth-order valence-electron chi connectivity index (χ4n) is 2.42. The Kier molecular flexibility index (Phi) is 4.47. The van der Waals surface area contributed by atoms with Crippen molar-refractivity contribution in [2.24, 2.45) is 17.9 Å². The number of phenols is 1. The molecule has 0 fully saturated rings. The zero-order valence-electron chi connectivity index (χ0n) is 12.6. The van der Waals surface area contributed by atoms with Gasteiger partial charge in [0.25, 0.3) is 0 Å². The van der Waals surface area contributed by atoms with Crippen LogP contribution in [0.2, 0.25) is 5.15 Å². The monoisotopic (exact) mass is 319 g/mol. The molecule has 6 heteroatoms. The van der Waals surface area contributed by atoms with E-state index in [1.165, 1.54) is 0 Å². The predicted octanol–water partition coefficient (Wildman–Crippen LogP) is 3.57. The molecule has 0 aliphatic rings. The van der Waals surface area contributed by atoms with Crippen molar-refractivity contribution in [2.75, 3.05) is 0 Å². The van der Waals surface area contributed by atoms with E-state index in [2.05, 4.69) is 5.16 Å². The number of hydrogen-bond donors (Lipinski definition) is 3. The fraction of sp³-hybridized carbons (Fsp3) is 0.188. The summed E-state index contributed by atoms with van der Waals surface area (Å²) in [5.74, 6) is 0.169. The second kappa shape index (κ2) is 6.15. The quantitative estimate of drug-likeness (QED) is 0.350. The van der Waals surface area contributed by atoms with Crippen molar-refractivity contribution in [1.29, 1.82) is 0 Å². The van der Waals surface area contributed by atoms with E-state index >= 15 is 0 Å². The maximum absolute atomic E-state index is 9.46. The number of phenolic OH excluding ortho intramolecular Hbond substituents is 1. The number of benzene rings is 1. The molecule has 2 rings (SSSR count). The summed E-state index contributed by atoms with van der Waals surface area (Å²) in [6, 6.07) is 6.74. The largest absolute Gasteiger partial charge is 0.508 e. The van der Waals surface area contributed by atoms with Gasteiger partial charge in [-0.05, 0) is 37.1 Å². The molecule has 0 unspecified atom stereocenters. The lowest BCUT2D eigenvalue weighted by atomic mass is 9.97. The molecule has 4 N–H and O–H groups in total. The van der Waals surface area contributed by atoms with Crippen LogP contribution in [0.5, 0.6) is 5.75 Å². The second-order valence-electron chi connectivity index (χ2n) is 4.95. The van der Waals surface area contributed by atoms with Crippen molar-refractivity contribution in [2.45, 2.75) is 13.8 Å². The summed E-state index contributed by atoms with van der Waals surface area (Å²) in [7, 11) is 1.76. The van der Waals surface area contributed by atoms with Crippen LogP contribution >= 0.6 is 11.6 Å². The number of aromatic nitrogens is 1. The molecule has 0 aliphatic heterocycles. The highest BCUT2D eigenvalue weighted by Gasteiger charge is 2.24. The van der Waals surface area contributed by atoms with Crippen LogP contribution in [0.3, 0.4) is 0 Å². The number of amidine groups is 1. The average molecular weight is 320 g/mol. The molecule has 116 valence electrons. The van der Waals surface area contributed by atoms with E-state index in [1.807, 2.05) is 19.9 Å². The maximum atomic E-state index is 9.46. The van der Waals surface area contributed by atoms with Gasteiger partial charge in [0.1, 0.15) is 10.9 Å². The highest BCUT2D eigenvalue weighted by Crippen LogP contribution is 2.39. The first-order valence-corrected chi connectivity index (χ1v) is 7.08. The van der Waals surface area contributed by atoms with Crippen molar-refractivity contribution in [3.05, 3.63) is 46.8 Å². The van der Waals surface area contributed by atoms with Gasteiger partial charge in [0.15, 0.2) is 5.84 Å². The first-order chi connectivity index (χ1) is 10.4. The number of nitrogens with zero attached hydrogens (tertiary/aromatic N) is 2. The fourth-order valence-corrected chi connectivity index (χ4v) is 2.71. The maximum Gasteiger partial charge on any atom is 0.187 e. The molecule has 22 heavy (non-hydrogen) atoms. The minimum atomic E-state index is -0.00868. The molecule has 5 nitrogen and oxygen atoms in total. The Morgan fingerprint density at radius 2 is 1.91 bits per heavy atom. The van der Waals surface area contributed by atoms with Crippen molar-refractivity contribution in [3.63, 3.8) is 0 Å². The van der Waals surface area contributed by atoms with Crippen molar-refractivity contribution in [3.8, 4) is 16.9 Å². The summed E-state index contributed by atoms with van der Waals surface area (Å²) in [4.78, 5) is 0. The number of aromatic hydroxyl groups is 1. The molecule has 0 saturated heterocycles. The van der Waals surface area contributed by atoms with E-state index < -0.39 is 0 Å². The van der Waals surface area contributed by atoms with Gasteiger partial charge in [0.2, 0.25) is 0 Å². The average Bonchev–Trinajstić information content (AvgIpc) is 2.79. The number of hydrogen-bond acceptors (Lipinski definition) is 3. The van der Waals surface area contributed by atoms with E-state index in [0.29, 0.717) is 10.8 Å². The lowest BCUT2D eigenvalue weighted by Crippen LogP contribution is -2.18. The lowest BCUT2D eigenvalue weighted by molar-refractivity contribution is 0.318. The lowest BCUT2D eigenvalue weighted by Gasteiger charge is -2.08. The number of nitrogens with two attached hydrogens (primary N) is 1. The molecule has 0 atom stereocenters. The summed E-state index contributed by atoms with van der Waals surface area (Å²) in [5.41, 5.74) is 9.74. The third-order valence-electron chi connectivity index (χ3n) is 3.66. The third kappa shape index (κ3) is 2.55. The standard InChI is InChI=1S/C16H18ClN3O2/c1-4-9(2)12-13(10-5-7-11(21)8-6-10)15(17)20(3)14(12)16(18)19-22/h4-8,21-22H,1-3H3,(H2,18,19)/b9-4-.